The van der Waals surface area contributed by atoms with Gasteiger partial charge in [0.1, 0.15) is 0 Å². The van der Waals surface area contributed by atoms with Crippen molar-refractivity contribution in [3.05, 3.63) is 76.9 Å². The zero-order valence-electron chi connectivity index (χ0n) is 12.3. The summed E-state index contributed by atoms with van der Waals surface area (Å²) in [7, 11) is 4.29. The lowest BCUT2D eigenvalue weighted by Gasteiger charge is -2.12. The third-order valence-electron chi connectivity index (χ3n) is 3.97. The van der Waals surface area contributed by atoms with Crippen LogP contribution in [0.1, 0.15) is 23.1 Å². The Morgan fingerprint density at radius 3 is 2.35 bits per heavy atom. The van der Waals surface area contributed by atoms with Crippen molar-refractivity contribution in [3.8, 4) is 0 Å². The van der Waals surface area contributed by atoms with Crippen LogP contribution in [-0.4, -0.2) is 25.5 Å². The SMILES string of the molecule is CN(C)CCC1=C(c2ccccc2)c2ccccc2C1. The number of nitrogens with zero attached hydrogens (tertiary/aromatic N) is 1. The van der Waals surface area contributed by atoms with E-state index in [4.69, 9.17) is 0 Å². The molecule has 0 aliphatic heterocycles. The van der Waals surface area contributed by atoms with Crippen LogP contribution in [0.5, 0.6) is 0 Å². The number of rotatable bonds is 4. The van der Waals surface area contributed by atoms with Crippen LogP contribution in [-0.2, 0) is 6.42 Å². The van der Waals surface area contributed by atoms with Crippen molar-refractivity contribution in [2.24, 2.45) is 0 Å². The van der Waals surface area contributed by atoms with E-state index in [-0.39, 0.29) is 0 Å². The molecule has 0 heterocycles. The van der Waals surface area contributed by atoms with Gasteiger partial charge in [0.15, 0.2) is 0 Å². The second-order valence-electron chi connectivity index (χ2n) is 5.73. The number of fused-ring (bicyclic) bond motifs is 1. The molecule has 0 aromatic heterocycles. The van der Waals surface area contributed by atoms with Gasteiger partial charge in [-0.15, -0.1) is 0 Å². The van der Waals surface area contributed by atoms with Crippen molar-refractivity contribution in [3.63, 3.8) is 0 Å². The van der Waals surface area contributed by atoms with Crippen molar-refractivity contribution in [2.75, 3.05) is 20.6 Å². The average molecular weight is 263 g/mol. The Hall–Kier alpha value is -1.86. The zero-order chi connectivity index (χ0) is 13.9. The monoisotopic (exact) mass is 263 g/mol. The quantitative estimate of drug-likeness (QED) is 0.806. The molecule has 0 amide bonds. The maximum Gasteiger partial charge on any atom is 0.00129 e. The van der Waals surface area contributed by atoms with Crippen LogP contribution in [0, 0.1) is 0 Å². The largest absolute Gasteiger partial charge is 0.309 e. The maximum atomic E-state index is 2.26. The molecule has 0 atom stereocenters. The lowest BCUT2D eigenvalue weighted by atomic mass is 9.96. The maximum absolute atomic E-state index is 2.26. The van der Waals surface area contributed by atoms with Gasteiger partial charge >= 0.3 is 0 Å². The summed E-state index contributed by atoms with van der Waals surface area (Å²) in [4.78, 5) is 2.26. The van der Waals surface area contributed by atoms with Gasteiger partial charge in [0.25, 0.3) is 0 Å². The molecule has 0 saturated carbocycles. The smallest absolute Gasteiger partial charge is 0.00129 e. The van der Waals surface area contributed by atoms with E-state index < -0.39 is 0 Å². The summed E-state index contributed by atoms with van der Waals surface area (Å²) in [5, 5.41) is 0. The summed E-state index contributed by atoms with van der Waals surface area (Å²) < 4.78 is 0. The molecular weight excluding hydrogens is 242 g/mol. The van der Waals surface area contributed by atoms with E-state index in [1.165, 1.54) is 22.3 Å². The fraction of sp³-hybridized carbons (Fsp3) is 0.263. The number of hydrogen-bond donors (Lipinski definition) is 0. The Morgan fingerprint density at radius 1 is 0.900 bits per heavy atom. The molecule has 0 saturated heterocycles. The van der Waals surface area contributed by atoms with E-state index in [0.29, 0.717) is 0 Å². The summed E-state index contributed by atoms with van der Waals surface area (Å²) in [5.41, 5.74) is 7.29. The number of hydrogen-bond acceptors (Lipinski definition) is 1. The zero-order valence-corrected chi connectivity index (χ0v) is 12.3. The summed E-state index contributed by atoms with van der Waals surface area (Å²) in [6.07, 6.45) is 2.25. The van der Waals surface area contributed by atoms with Gasteiger partial charge in [-0.2, -0.15) is 0 Å². The fourth-order valence-electron chi connectivity index (χ4n) is 2.96. The predicted octanol–water partition coefficient (Wildman–Crippen LogP) is 4.00. The second-order valence-corrected chi connectivity index (χ2v) is 5.73. The van der Waals surface area contributed by atoms with Crippen LogP contribution >= 0.6 is 0 Å². The molecule has 1 nitrogen and oxygen atoms in total. The molecule has 0 spiro atoms. The molecule has 0 radical (unpaired) electrons. The highest BCUT2D eigenvalue weighted by Gasteiger charge is 2.21. The van der Waals surface area contributed by atoms with E-state index >= 15 is 0 Å². The first-order chi connectivity index (χ1) is 9.75. The number of benzene rings is 2. The molecule has 2 aromatic carbocycles. The summed E-state index contributed by atoms with van der Waals surface area (Å²) in [6.45, 7) is 1.11. The molecule has 20 heavy (non-hydrogen) atoms. The normalized spacial score (nSPS) is 13.9. The van der Waals surface area contributed by atoms with Crippen molar-refractivity contribution in [1.82, 2.24) is 4.90 Å². The van der Waals surface area contributed by atoms with Gasteiger partial charge < -0.3 is 4.90 Å². The van der Waals surface area contributed by atoms with E-state index in [2.05, 4.69) is 73.6 Å². The van der Waals surface area contributed by atoms with E-state index in [1.807, 2.05) is 0 Å². The van der Waals surface area contributed by atoms with Crippen LogP contribution in [0.3, 0.4) is 0 Å². The van der Waals surface area contributed by atoms with Gasteiger partial charge in [-0.05, 0) is 49.2 Å². The fourth-order valence-corrected chi connectivity index (χ4v) is 2.96. The lowest BCUT2D eigenvalue weighted by Crippen LogP contribution is -2.13. The minimum Gasteiger partial charge on any atom is -0.309 e. The molecule has 0 unspecified atom stereocenters. The Kier molecular flexibility index (Phi) is 3.70. The first kappa shape index (κ1) is 13.1. The predicted molar refractivity (Wildman–Crippen MR) is 85.8 cm³/mol. The molecule has 1 aliphatic carbocycles. The minimum atomic E-state index is 1.11. The molecule has 0 bridgehead atoms. The third-order valence-corrected chi connectivity index (χ3v) is 3.97. The van der Waals surface area contributed by atoms with Crippen LogP contribution in [0.4, 0.5) is 0 Å². The van der Waals surface area contributed by atoms with Gasteiger partial charge in [-0.1, -0.05) is 60.2 Å². The van der Waals surface area contributed by atoms with Gasteiger partial charge in [0.2, 0.25) is 0 Å². The highest BCUT2D eigenvalue weighted by atomic mass is 15.0. The van der Waals surface area contributed by atoms with E-state index in [9.17, 15) is 0 Å². The molecule has 1 heteroatoms. The Balaban J connectivity index is 2.03. The van der Waals surface area contributed by atoms with Crippen molar-refractivity contribution in [2.45, 2.75) is 12.8 Å². The molecule has 0 fully saturated rings. The lowest BCUT2D eigenvalue weighted by molar-refractivity contribution is 0.412. The molecule has 0 N–H and O–H groups in total. The van der Waals surface area contributed by atoms with Crippen molar-refractivity contribution in [1.29, 1.82) is 0 Å². The molecule has 102 valence electrons. The summed E-state index contributed by atoms with van der Waals surface area (Å²) in [5.74, 6) is 0. The summed E-state index contributed by atoms with van der Waals surface area (Å²) >= 11 is 0. The van der Waals surface area contributed by atoms with E-state index in [1.54, 1.807) is 5.57 Å². The van der Waals surface area contributed by atoms with Crippen LogP contribution in [0.2, 0.25) is 0 Å². The van der Waals surface area contributed by atoms with Crippen molar-refractivity contribution < 1.29 is 0 Å². The van der Waals surface area contributed by atoms with Gasteiger partial charge in [0.05, 0.1) is 0 Å². The van der Waals surface area contributed by atoms with Gasteiger partial charge in [-0.25, -0.2) is 0 Å². The van der Waals surface area contributed by atoms with E-state index in [0.717, 1.165) is 19.4 Å². The first-order valence-electron chi connectivity index (χ1n) is 7.26. The van der Waals surface area contributed by atoms with Crippen LogP contribution in [0.15, 0.2) is 60.2 Å². The van der Waals surface area contributed by atoms with Gasteiger partial charge in [-0.3, -0.25) is 0 Å². The second kappa shape index (κ2) is 5.64. The van der Waals surface area contributed by atoms with Gasteiger partial charge in [0, 0.05) is 6.54 Å². The summed E-state index contributed by atoms with van der Waals surface area (Å²) in [6, 6.07) is 19.6. The van der Waals surface area contributed by atoms with Crippen LogP contribution in [0.25, 0.3) is 5.57 Å². The Morgan fingerprint density at radius 2 is 1.60 bits per heavy atom. The molecule has 2 aromatic rings. The highest BCUT2D eigenvalue weighted by Crippen LogP contribution is 2.38. The van der Waals surface area contributed by atoms with Crippen LogP contribution < -0.4 is 0 Å². The molecular formula is C19H21N. The average Bonchev–Trinajstić information content (AvgIpc) is 2.84. The molecule has 1 aliphatic rings. The minimum absolute atomic E-state index is 1.11. The third kappa shape index (κ3) is 2.54. The molecule has 3 rings (SSSR count). The Bertz CT molecular complexity index is 623. The standard InChI is InChI=1S/C19H21N/c1-20(2)13-12-17-14-16-10-6-7-11-18(16)19(17)15-8-4-3-5-9-15/h3-11H,12-14H2,1-2H3. The topological polar surface area (TPSA) is 3.24 Å². The highest BCUT2D eigenvalue weighted by molar-refractivity contribution is 5.87. The van der Waals surface area contributed by atoms with Crippen molar-refractivity contribution >= 4 is 5.57 Å². The Labute approximate surface area is 121 Å². The first-order valence-corrected chi connectivity index (χ1v) is 7.26.